The predicted molar refractivity (Wildman–Crippen MR) is 128 cm³/mol. The van der Waals surface area contributed by atoms with Crippen molar-refractivity contribution >= 4 is 29.0 Å². The molecule has 2 aromatic carbocycles. The quantitative estimate of drug-likeness (QED) is 0.315. The monoisotopic (exact) mass is 543 g/mol. The molecule has 11 heteroatoms. The molecule has 0 spiro atoms. The highest BCUT2D eigenvalue weighted by Crippen LogP contribution is 2.51. The molecule has 1 aliphatic carbocycles. The van der Waals surface area contributed by atoms with E-state index in [1.165, 1.54) is 18.2 Å². The number of imide groups is 1. The summed E-state index contributed by atoms with van der Waals surface area (Å²) in [5.74, 6) is -1.58. The second kappa shape index (κ2) is 8.82. The Bertz CT molecular complexity index is 1320. The number of fused-ring (bicyclic) bond motifs is 1. The molecule has 0 saturated carbocycles. The number of hydrogen-bond acceptors (Lipinski definition) is 4. The first kappa shape index (κ1) is 27.1. The molecular weight excluding hydrogens is 520 g/mol. The van der Waals surface area contributed by atoms with Crippen LogP contribution in [0.3, 0.4) is 0 Å². The van der Waals surface area contributed by atoms with Gasteiger partial charge in [0, 0.05) is 5.56 Å². The van der Waals surface area contributed by atoms with E-state index < -0.39 is 57.0 Å². The minimum Gasteiger partial charge on any atom is -0.405 e. The smallest absolute Gasteiger partial charge is 0.405 e. The minimum absolute atomic E-state index is 0.0448. The van der Waals surface area contributed by atoms with Crippen LogP contribution in [-0.4, -0.2) is 17.5 Å². The zero-order chi connectivity index (χ0) is 27.6. The fourth-order valence-corrected chi connectivity index (χ4v) is 5.39. The third-order valence-electron chi connectivity index (χ3n) is 6.76. The molecule has 1 aliphatic heterocycles. The van der Waals surface area contributed by atoms with Crippen LogP contribution < -0.4 is 10.1 Å². The van der Waals surface area contributed by atoms with Crippen molar-refractivity contribution in [2.24, 2.45) is 0 Å². The zero-order valence-corrected chi connectivity index (χ0v) is 21.1. The summed E-state index contributed by atoms with van der Waals surface area (Å²) in [6.45, 7) is 7.49. The lowest BCUT2D eigenvalue weighted by Gasteiger charge is -2.42. The Morgan fingerprint density at radius 1 is 0.892 bits per heavy atom. The maximum absolute atomic E-state index is 14.3. The molecule has 1 heterocycles. The van der Waals surface area contributed by atoms with Crippen LogP contribution in [0.5, 0.6) is 5.75 Å². The van der Waals surface area contributed by atoms with Gasteiger partial charge in [0.25, 0.3) is 11.1 Å². The first-order valence-corrected chi connectivity index (χ1v) is 12.1. The minimum atomic E-state index is -5.19. The van der Waals surface area contributed by atoms with Gasteiger partial charge in [-0.05, 0) is 82.0 Å². The molecule has 4 nitrogen and oxygen atoms in total. The molecule has 1 saturated heterocycles. The van der Waals surface area contributed by atoms with Crippen LogP contribution in [0.2, 0.25) is 0 Å². The number of nitrogens with one attached hydrogen (secondary N) is 1. The predicted octanol–water partition coefficient (Wildman–Crippen LogP) is 7.94. The molecule has 1 N–H and O–H groups in total. The number of carbonyl (C=O) groups is 2. The van der Waals surface area contributed by atoms with Crippen molar-refractivity contribution in [3.05, 3.63) is 57.5 Å². The van der Waals surface area contributed by atoms with E-state index in [0.29, 0.717) is 35.7 Å². The lowest BCUT2D eigenvalue weighted by atomic mass is 9.62. The highest BCUT2D eigenvalue weighted by Gasteiger charge is 2.43. The van der Waals surface area contributed by atoms with Crippen LogP contribution in [-0.2, 0) is 21.8 Å². The van der Waals surface area contributed by atoms with Gasteiger partial charge in [-0.1, -0.05) is 39.8 Å². The Kier molecular flexibility index (Phi) is 6.46. The number of ether oxygens (including phenoxy) is 1. The zero-order valence-electron chi connectivity index (χ0n) is 20.3. The molecule has 0 aromatic heterocycles. The van der Waals surface area contributed by atoms with Crippen molar-refractivity contribution in [3.63, 3.8) is 0 Å². The summed E-state index contributed by atoms with van der Waals surface area (Å²) < 4.78 is 87.1. The highest BCUT2D eigenvalue weighted by atomic mass is 32.2. The summed E-state index contributed by atoms with van der Waals surface area (Å²) in [4.78, 5) is 23.2. The van der Waals surface area contributed by atoms with Gasteiger partial charge in [0.05, 0.1) is 10.5 Å². The van der Waals surface area contributed by atoms with E-state index in [0.717, 1.165) is 18.2 Å². The molecule has 37 heavy (non-hydrogen) atoms. The SMILES string of the molecule is CC1(C)CCC(C)(C)c2cc(C(F)(F)F)c(-c3ccc(C=C4SC(=O)NC4=O)cc3OC(F)(F)F)cc21. The Hall–Kier alpha value is -2.95. The van der Waals surface area contributed by atoms with Crippen molar-refractivity contribution < 1.29 is 40.7 Å². The van der Waals surface area contributed by atoms with Gasteiger partial charge in [-0.3, -0.25) is 14.9 Å². The van der Waals surface area contributed by atoms with E-state index >= 15 is 0 Å². The normalized spacial score (nSPS) is 20.1. The summed E-state index contributed by atoms with van der Waals surface area (Å²) in [6, 6.07) is 5.65. The van der Waals surface area contributed by atoms with Gasteiger partial charge in [-0.2, -0.15) is 13.2 Å². The number of thioether (sulfide) groups is 1. The van der Waals surface area contributed by atoms with Crippen molar-refractivity contribution in [2.75, 3.05) is 0 Å². The first-order valence-electron chi connectivity index (χ1n) is 11.3. The number of amides is 2. The number of halogens is 6. The van der Waals surface area contributed by atoms with Crippen LogP contribution in [0, 0.1) is 0 Å². The van der Waals surface area contributed by atoms with Crippen LogP contribution in [0.1, 0.15) is 62.8 Å². The number of benzene rings is 2. The third kappa shape index (κ3) is 5.51. The third-order valence-corrected chi connectivity index (χ3v) is 7.57. The van der Waals surface area contributed by atoms with Gasteiger partial charge in [0.1, 0.15) is 5.75 Å². The largest absolute Gasteiger partial charge is 0.573 e. The van der Waals surface area contributed by atoms with Crippen LogP contribution in [0.25, 0.3) is 17.2 Å². The van der Waals surface area contributed by atoms with Crippen molar-refractivity contribution in [2.45, 2.75) is 63.9 Å². The summed E-state index contributed by atoms with van der Waals surface area (Å²) in [7, 11) is 0. The fraction of sp³-hybridized carbons (Fsp3) is 0.385. The van der Waals surface area contributed by atoms with Crippen molar-refractivity contribution in [1.29, 1.82) is 0 Å². The maximum Gasteiger partial charge on any atom is 0.573 e. The molecule has 0 atom stereocenters. The first-order chi connectivity index (χ1) is 16.9. The average molecular weight is 544 g/mol. The van der Waals surface area contributed by atoms with Crippen molar-refractivity contribution in [1.82, 2.24) is 5.32 Å². The number of rotatable bonds is 3. The lowest BCUT2D eigenvalue weighted by Crippen LogP contribution is -2.34. The summed E-state index contributed by atoms with van der Waals surface area (Å²) in [6.07, 6.45) is -7.53. The van der Waals surface area contributed by atoms with E-state index in [9.17, 15) is 35.9 Å². The highest BCUT2D eigenvalue weighted by molar-refractivity contribution is 8.18. The van der Waals surface area contributed by atoms with E-state index in [1.807, 2.05) is 33.0 Å². The molecule has 1 fully saturated rings. The van der Waals surface area contributed by atoms with E-state index in [2.05, 4.69) is 4.74 Å². The van der Waals surface area contributed by atoms with Gasteiger partial charge in [0.15, 0.2) is 0 Å². The summed E-state index contributed by atoms with van der Waals surface area (Å²) >= 11 is 0.559. The fourth-order valence-electron chi connectivity index (χ4n) is 4.70. The second-order valence-corrected chi connectivity index (χ2v) is 11.4. The molecule has 4 rings (SSSR count). The molecule has 2 aliphatic rings. The Labute approximate surface area is 213 Å². The maximum atomic E-state index is 14.3. The van der Waals surface area contributed by atoms with Gasteiger partial charge in [-0.15, -0.1) is 13.2 Å². The average Bonchev–Trinajstić information content (AvgIpc) is 3.06. The Morgan fingerprint density at radius 2 is 1.49 bits per heavy atom. The lowest BCUT2D eigenvalue weighted by molar-refractivity contribution is -0.274. The van der Waals surface area contributed by atoms with Crippen molar-refractivity contribution in [3.8, 4) is 16.9 Å². The molecule has 0 bridgehead atoms. The number of hydrogen-bond donors (Lipinski definition) is 1. The second-order valence-electron chi connectivity index (χ2n) is 10.4. The van der Waals surface area contributed by atoms with Crippen LogP contribution in [0.15, 0.2) is 35.2 Å². The van der Waals surface area contributed by atoms with E-state index in [1.54, 1.807) is 0 Å². The van der Waals surface area contributed by atoms with Gasteiger partial charge in [-0.25, -0.2) is 0 Å². The molecule has 2 aromatic rings. The number of alkyl halides is 6. The van der Waals surface area contributed by atoms with Gasteiger partial charge < -0.3 is 4.74 Å². The van der Waals surface area contributed by atoms with E-state index in [-0.39, 0.29) is 10.5 Å². The van der Waals surface area contributed by atoms with Gasteiger partial charge >= 0.3 is 12.5 Å². The molecule has 0 radical (unpaired) electrons. The molecule has 2 amide bonds. The summed E-state index contributed by atoms with van der Waals surface area (Å²) in [5.41, 5.74) is -1.76. The molecular formula is C26H23F6NO3S. The van der Waals surface area contributed by atoms with Crippen LogP contribution in [0.4, 0.5) is 31.1 Å². The molecule has 198 valence electrons. The topological polar surface area (TPSA) is 55.4 Å². The summed E-state index contributed by atoms with van der Waals surface area (Å²) in [5, 5.41) is 1.38. The van der Waals surface area contributed by atoms with Gasteiger partial charge in [0.2, 0.25) is 0 Å². The molecule has 0 unspecified atom stereocenters. The van der Waals surface area contributed by atoms with Crippen LogP contribution >= 0.6 is 11.8 Å². The Morgan fingerprint density at radius 3 is 2.00 bits per heavy atom. The Balaban J connectivity index is 1.97. The standard InChI is InChI=1S/C26H23F6NO3S/c1-23(2)7-8-24(3,4)18-12-16(25(27,28)29)15(11-17(18)23)14-6-5-13(9-19(14)36-26(30,31)32)10-20-21(34)33-22(35)37-20/h5-6,9-12H,7-8H2,1-4H3,(H,33,34,35). The number of carbonyl (C=O) groups excluding carboxylic acids is 2. The van der Waals surface area contributed by atoms with E-state index in [4.69, 9.17) is 0 Å².